The zero-order valence-electron chi connectivity index (χ0n) is 32.4. The maximum absolute atomic E-state index is 13.8. The van der Waals surface area contributed by atoms with Gasteiger partial charge in [-0.1, -0.05) is 32.4 Å². The standard InChI is InChI=1S/C35H56N8O13S/c1-6-16(2)27(33(53)38-21(35(55)56)11-12-57-5)42-31(51)24(15-44)41-30(50)23(14-25(36)48)39-29(49)22(13-19-7-9-20(47)10-8-19)40-34(54)28(18(4)46)43-32(52)26(37)17(3)45/h7-10,16-18,21-24,26-28,44-47H,6,11-15,37H2,1-5H3,(H2,36,48)(H,38,53)(H,39,49)(H,40,54)(H,41,50)(H,42,51)(H,43,52)(H,55,56)/t16-,17+,18+,21-,22-,23-,24-,26-,27-,28-/m0/s1. The number of aliphatic hydroxyl groups excluding tert-OH is 3. The van der Waals surface area contributed by atoms with Gasteiger partial charge in [0, 0.05) is 6.42 Å². The molecule has 0 bridgehead atoms. The highest BCUT2D eigenvalue weighted by Crippen LogP contribution is 2.13. The average molecular weight is 829 g/mol. The summed E-state index contributed by atoms with van der Waals surface area (Å²) in [5.41, 5.74) is 11.4. The zero-order valence-corrected chi connectivity index (χ0v) is 33.2. The second-order valence-electron chi connectivity index (χ2n) is 13.5. The highest BCUT2D eigenvalue weighted by atomic mass is 32.2. The molecule has 0 aromatic heterocycles. The third-order valence-corrected chi connectivity index (χ3v) is 9.41. The lowest BCUT2D eigenvalue weighted by Gasteiger charge is -2.28. The van der Waals surface area contributed by atoms with Gasteiger partial charge in [-0.25, -0.2) is 4.79 Å². The molecule has 0 aliphatic rings. The molecule has 0 fully saturated rings. The van der Waals surface area contributed by atoms with Gasteiger partial charge in [0.25, 0.3) is 0 Å². The lowest BCUT2D eigenvalue weighted by atomic mass is 9.97. The summed E-state index contributed by atoms with van der Waals surface area (Å²) in [6.07, 6.45) is -1.81. The van der Waals surface area contributed by atoms with Gasteiger partial charge < -0.3 is 68.9 Å². The fraction of sp³-hybridized carbons (Fsp3) is 0.600. The Hall–Kier alpha value is -5.03. The van der Waals surface area contributed by atoms with E-state index in [2.05, 4.69) is 31.9 Å². The zero-order chi connectivity index (χ0) is 43.6. The van der Waals surface area contributed by atoms with E-state index in [1.54, 1.807) is 20.1 Å². The Morgan fingerprint density at radius 2 is 1.19 bits per heavy atom. The third-order valence-electron chi connectivity index (χ3n) is 8.77. The van der Waals surface area contributed by atoms with E-state index in [0.717, 1.165) is 6.92 Å². The molecule has 1 aromatic rings. The van der Waals surface area contributed by atoms with Crippen LogP contribution in [-0.4, -0.2) is 146 Å². The molecule has 10 atom stereocenters. The molecule has 1 rings (SSSR count). The molecule has 22 heteroatoms. The number of carboxylic acid groups (broad SMARTS) is 1. The van der Waals surface area contributed by atoms with Crippen molar-refractivity contribution in [2.45, 2.75) is 108 Å². The Kier molecular flexibility index (Phi) is 21.5. The molecule has 0 aliphatic heterocycles. The van der Waals surface area contributed by atoms with Gasteiger partial charge in [-0.2, -0.15) is 11.8 Å². The van der Waals surface area contributed by atoms with E-state index < -0.39 is 121 Å². The molecule has 0 spiro atoms. The van der Waals surface area contributed by atoms with Crippen molar-refractivity contribution in [3.8, 4) is 5.75 Å². The number of carbonyl (C=O) groups excluding carboxylic acids is 7. The van der Waals surface area contributed by atoms with E-state index in [1.165, 1.54) is 43.0 Å². The second-order valence-corrected chi connectivity index (χ2v) is 14.4. The van der Waals surface area contributed by atoms with Crippen LogP contribution in [0.3, 0.4) is 0 Å². The van der Waals surface area contributed by atoms with E-state index >= 15 is 0 Å². The Morgan fingerprint density at radius 3 is 1.68 bits per heavy atom. The van der Waals surface area contributed by atoms with Crippen LogP contribution in [0.5, 0.6) is 5.75 Å². The maximum atomic E-state index is 13.8. The van der Waals surface area contributed by atoms with Gasteiger partial charge in [0.05, 0.1) is 25.2 Å². The van der Waals surface area contributed by atoms with Gasteiger partial charge in [0.2, 0.25) is 41.4 Å². The Morgan fingerprint density at radius 1 is 0.702 bits per heavy atom. The number of rotatable bonds is 25. The van der Waals surface area contributed by atoms with Crippen molar-refractivity contribution in [1.29, 1.82) is 0 Å². The number of thioether (sulfide) groups is 1. The lowest BCUT2D eigenvalue weighted by Crippen LogP contribution is -2.62. The third kappa shape index (κ3) is 16.9. The molecule has 0 saturated heterocycles. The Balaban J connectivity index is 3.36. The number of carboxylic acids is 1. The first-order valence-corrected chi connectivity index (χ1v) is 19.4. The van der Waals surface area contributed by atoms with Crippen LogP contribution in [0.25, 0.3) is 0 Å². The molecule has 0 aliphatic carbocycles. The van der Waals surface area contributed by atoms with Crippen molar-refractivity contribution >= 4 is 59.1 Å². The first kappa shape index (κ1) is 50.0. The smallest absolute Gasteiger partial charge is 0.326 e. The van der Waals surface area contributed by atoms with Crippen LogP contribution >= 0.6 is 11.8 Å². The van der Waals surface area contributed by atoms with E-state index in [4.69, 9.17) is 11.5 Å². The molecule has 0 saturated carbocycles. The molecule has 1 aromatic carbocycles. The number of aliphatic carboxylic acids is 1. The first-order chi connectivity index (χ1) is 26.7. The number of aliphatic hydroxyl groups is 3. The van der Waals surface area contributed by atoms with Crippen molar-refractivity contribution in [3.63, 3.8) is 0 Å². The summed E-state index contributed by atoms with van der Waals surface area (Å²) in [5, 5.41) is 63.2. The van der Waals surface area contributed by atoms with Crippen molar-refractivity contribution < 1.29 is 63.9 Å². The molecule has 320 valence electrons. The molecule has 7 amide bonds. The SMILES string of the molecule is CC[C@H](C)[C@H](NC(=O)[C@H](CO)NC(=O)[C@H](CC(N)=O)NC(=O)[C@H](Cc1ccc(O)cc1)NC(=O)[C@@H](NC(=O)[C@@H](N)[C@@H](C)O)[C@@H](C)O)C(=O)N[C@@H](CCSC)C(=O)O. The predicted octanol–water partition coefficient (Wildman–Crippen LogP) is -4.32. The van der Waals surface area contributed by atoms with Gasteiger partial charge in [0.15, 0.2) is 0 Å². The molecule has 0 radical (unpaired) electrons. The van der Waals surface area contributed by atoms with Crippen molar-refractivity contribution in [1.82, 2.24) is 31.9 Å². The van der Waals surface area contributed by atoms with Crippen LogP contribution in [0.2, 0.25) is 0 Å². The fourth-order valence-corrected chi connectivity index (χ4v) is 5.54. The van der Waals surface area contributed by atoms with Crippen molar-refractivity contribution in [2.24, 2.45) is 17.4 Å². The minimum Gasteiger partial charge on any atom is -0.508 e. The second kappa shape index (κ2) is 24.6. The molecule has 0 unspecified atom stereocenters. The summed E-state index contributed by atoms with van der Waals surface area (Å²) in [7, 11) is 0. The number of aromatic hydroxyl groups is 1. The Labute approximate surface area is 333 Å². The fourth-order valence-electron chi connectivity index (χ4n) is 5.07. The van der Waals surface area contributed by atoms with Gasteiger partial charge in [0.1, 0.15) is 48.0 Å². The highest BCUT2D eigenvalue weighted by Gasteiger charge is 2.36. The number of carbonyl (C=O) groups is 8. The number of benzene rings is 1. The minimum atomic E-state index is -1.81. The van der Waals surface area contributed by atoms with Gasteiger partial charge in [-0.05, 0) is 55.9 Å². The summed E-state index contributed by atoms with van der Waals surface area (Å²) >= 11 is 1.37. The summed E-state index contributed by atoms with van der Waals surface area (Å²) in [4.78, 5) is 103. The molecular formula is C35H56N8O13S. The van der Waals surface area contributed by atoms with Crippen LogP contribution < -0.4 is 43.4 Å². The van der Waals surface area contributed by atoms with Crippen LogP contribution in [0, 0.1) is 5.92 Å². The summed E-state index contributed by atoms with van der Waals surface area (Å²) in [5.74, 6) is -8.89. The number of primary amides is 1. The molecule has 57 heavy (non-hydrogen) atoms. The van der Waals surface area contributed by atoms with E-state index in [0.29, 0.717) is 17.7 Å². The summed E-state index contributed by atoms with van der Waals surface area (Å²) < 4.78 is 0. The van der Waals surface area contributed by atoms with Crippen LogP contribution in [-0.2, 0) is 44.8 Å². The number of phenolic OH excluding ortho intramolecular Hbond substituents is 1. The van der Waals surface area contributed by atoms with Gasteiger partial charge >= 0.3 is 5.97 Å². The number of phenols is 1. The highest BCUT2D eigenvalue weighted by molar-refractivity contribution is 7.98. The number of hydrogen-bond acceptors (Lipinski definition) is 14. The van der Waals surface area contributed by atoms with E-state index in [-0.39, 0.29) is 18.6 Å². The van der Waals surface area contributed by atoms with Gasteiger partial charge in [-0.3, -0.25) is 33.6 Å². The van der Waals surface area contributed by atoms with Crippen molar-refractivity contribution in [3.05, 3.63) is 29.8 Å². The lowest BCUT2D eigenvalue weighted by molar-refractivity contribution is -0.142. The number of amides is 7. The minimum absolute atomic E-state index is 0.0988. The monoisotopic (exact) mass is 828 g/mol. The molecule has 0 heterocycles. The number of nitrogens with two attached hydrogens (primary N) is 2. The molecular weight excluding hydrogens is 772 g/mol. The average Bonchev–Trinajstić information content (AvgIpc) is 3.15. The first-order valence-electron chi connectivity index (χ1n) is 18.0. The van der Waals surface area contributed by atoms with Crippen LogP contribution in [0.15, 0.2) is 24.3 Å². The topological polar surface area (TPSA) is 362 Å². The van der Waals surface area contributed by atoms with Crippen molar-refractivity contribution in [2.75, 3.05) is 18.6 Å². The van der Waals surface area contributed by atoms with E-state index in [9.17, 15) is 63.9 Å². The maximum Gasteiger partial charge on any atom is 0.326 e. The number of nitrogens with one attached hydrogen (secondary N) is 6. The van der Waals surface area contributed by atoms with Crippen LogP contribution in [0.1, 0.15) is 52.5 Å². The van der Waals surface area contributed by atoms with E-state index in [1.807, 2.05) is 0 Å². The van der Waals surface area contributed by atoms with Crippen LogP contribution in [0.4, 0.5) is 0 Å². The van der Waals surface area contributed by atoms with Gasteiger partial charge in [-0.15, -0.1) is 0 Å². The predicted molar refractivity (Wildman–Crippen MR) is 206 cm³/mol. The largest absolute Gasteiger partial charge is 0.508 e. The molecule has 15 N–H and O–H groups in total. The number of hydrogen-bond donors (Lipinski definition) is 13. The quantitative estimate of drug-likeness (QED) is 0.0443. The Bertz CT molecular complexity index is 1550. The molecule has 21 nitrogen and oxygen atoms in total. The summed E-state index contributed by atoms with van der Waals surface area (Å²) in [6.45, 7) is 4.68. The normalized spacial score (nSPS) is 16.4. The summed E-state index contributed by atoms with van der Waals surface area (Å²) in [6, 6.07) is -5.49.